The first kappa shape index (κ1) is 18.3. The zero-order valence-electron chi connectivity index (χ0n) is 15.3. The first-order valence-corrected chi connectivity index (χ1v) is 9.31. The van der Waals surface area contributed by atoms with E-state index in [0.717, 1.165) is 12.8 Å². The van der Waals surface area contributed by atoms with Crippen LogP contribution in [0.5, 0.6) is 0 Å². The van der Waals surface area contributed by atoms with Crippen molar-refractivity contribution in [1.82, 2.24) is 14.3 Å². The zero-order valence-corrected chi connectivity index (χ0v) is 15.3. The Morgan fingerprint density at radius 3 is 3.04 bits per heavy atom. The molecule has 0 spiro atoms. The highest BCUT2D eigenvalue weighted by molar-refractivity contribution is 5.93. The molecule has 7 nitrogen and oxygen atoms in total. The molecule has 0 radical (unpaired) electrons. The number of hydrogen-bond acceptors (Lipinski definition) is 5. The highest BCUT2D eigenvalue weighted by Crippen LogP contribution is 2.43. The third-order valence-corrected chi connectivity index (χ3v) is 5.92. The van der Waals surface area contributed by atoms with E-state index in [1.165, 1.54) is 4.40 Å². The summed E-state index contributed by atoms with van der Waals surface area (Å²) in [5.41, 5.74) is -0.181. The first-order valence-electron chi connectivity index (χ1n) is 9.31. The van der Waals surface area contributed by atoms with Gasteiger partial charge in [-0.05, 0) is 37.8 Å². The number of halogens is 1. The van der Waals surface area contributed by atoms with Gasteiger partial charge in [-0.15, -0.1) is 0 Å². The van der Waals surface area contributed by atoms with Crippen molar-refractivity contribution in [2.75, 3.05) is 26.9 Å². The maximum absolute atomic E-state index is 14.7. The van der Waals surface area contributed by atoms with Gasteiger partial charge in [0, 0.05) is 19.9 Å². The molecule has 3 atom stereocenters. The number of hydrogen-bond donors (Lipinski definition) is 1. The molecule has 8 heteroatoms. The Morgan fingerprint density at radius 2 is 2.30 bits per heavy atom. The lowest BCUT2D eigenvalue weighted by Gasteiger charge is -2.43. The summed E-state index contributed by atoms with van der Waals surface area (Å²) in [5, 5.41) is 9.00. The number of likely N-dealkylation sites (tertiary alicyclic amines) is 1. The largest absolute Gasteiger partial charge is 0.394 e. The van der Waals surface area contributed by atoms with Crippen molar-refractivity contribution in [3.8, 4) is 0 Å². The van der Waals surface area contributed by atoms with Crippen molar-refractivity contribution in [1.29, 1.82) is 0 Å². The fourth-order valence-electron chi connectivity index (χ4n) is 4.51. The number of fused-ring (bicyclic) bond motifs is 2. The van der Waals surface area contributed by atoms with Crippen LogP contribution in [0.15, 0.2) is 24.4 Å². The van der Waals surface area contributed by atoms with Crippen LogP contribution in [-0.4, -0.2) is 69.9 Å². The Morgan fingerprint density at radius 1 is 1.44 bits per heavy atom. The number of carbonyl (C=O) groups excluding carboxylic acids is 1. The fourth-order valence-corrected chi connectivity index (χ4v) is 4.51. The maximum atomic E-state index is 14.7. The van der Waals surface area contributed by atoms with Gasteiger partial charge in [0.15, 0.2) is 5.69 Å². The molecular weight excluding hydrogens is 353 g/mol. The molecule has 3 heterocycles. The number of amides is 1. The summed E-state index contributed by atoms with van der Waals surface area (Å²) in [7, 11) is 1.67. The van der Waals surface area contributed by atoms with Gasteiger partial charge in [-0.3, -0.25) is 9.20 Å². The molecular formula is C19H24FN3O4. The number of rotatable bonds is 5. The summed E-state index contributed by atoms with van der Waals surface area (Å²) in [4.78, 5) is 19.0. The van der Waals surface area contributed by atoms with Crippen molar-refractivity contribution in [3.05, 3.63) is 36.0 Å². The predicted octanol–water partition coefficient (Wildman–Crippen LogP) is 1.63. The molecule has 2 aromatic heterocycles. The number of aromatic nitrogens is 2. The van der Waals surface area contributed by atoms with E-state index in [0.29, 0.717) is 25.0 Å². The SMILES string of the molecule is CO[C@@]12CC[C@H](OCCO)C[C@@H]1N(C(=O)c1nc3ccccn3c1F)CC2. The number of nitrogens with zero attached hydrogens (tertiary/aromatic N) is 3. The smallest absolute Gasteiger partial charge is 0.277 e. The minimum absolute atomic E-state index is 0.0360. The molecule has 2 aromatic rings. The summed E-state index contributed by atoms with van der Waals surface area (Å²) in [6, 6.07) is 4.92. The number of ether oxygens (including phenoxy) is 2. The standard InChI is InChI=1S/C19H24FN3O4/c1-26-19-6-5-13(27-11-10-24)12-14(19)22(9-7-19)18(25)16-17(20)23-8-3-2-4-15(23)21-16/h2-4,8,13-14,24H,5-7,9-12H2,1H3/t13-,14-,19+/m0/s1. The van der Waals surface area contributed by atoms with Crippen molar-refractivity contribution in [2.45, 2.75) is 43.4 Å². The molecule has 2 aliphatic rings. The van der Waals surface area contributed by atoms with Crippen molar-refractivity contribution in [2.24, 2.45) is 0 Å². The third kappa shape index (κ3) is 3.01. The molecule has 1 N–H and O–H groups in total. The number of imidazole rings is 1. The number of aliphatic hydroxyl groups is 1. The van der Waals surface area contributed by atoms with Crippen LogP contribution in [0, 0.1) is 5.95 Å². The predicted molar refractivity (Wildman–Crippen MR) is 95.0 cm³/mol. The lowest BCUT2D eigenvalue weighted by Crippen LogP contribution is -2.53. The lowest BCUT2D eigenvalue weighted by molar-refractivity contribution is -0.0992. The van der Waals surface area contributed by atoms with Gasteiger partial charge in [0.05, 0.1) is 31.0 Å². The van der Waals surface area contributed by atoms with Crippen LogP contribution in [0.4, 0.5) is 4.39 Å². The van der Waals surface area contributed by atoms with Crippen molar-refractivity contribution in [3.63, 3.8) is 0 Å². The van der Waals surface area contributed by atoms with E-state index in [2.05, 4.69) is 4.98 Å². The molecule has 4 rings (SSSR count). The molecule has 1 aliphatic carbocycles. The van der Waals surface area contributed by atoms with E-state index in [1.54, 1.807) is 36.4 Å². The maximum Gasteiger partial charge on any atom is 0.277 e. The van der Waals surface area contributed by atoms with Gasteiger partial charge < -0.3 is 19.5 Å². The molecule has 1 saturated carbocycles. The summed E-state index contributed by atoms with van der Waals surface area (Å²) in [5.74, 6) is -1.06. The molecule has 1 amide bonds. The third-order valence-electron chi connectivity index (χ3n) is 5.92. The van der Waals surface area contributed by atoms with Crippen LogP contribution in [-0.2, 0) is 9.47 Å². The van der Waals surface area contributed by atoms with Crippen LogP contribution in [0.3, 0.4) is 0 Å². The minimum atomic E-state index is -0.644. The van der Waals surface area contributed by atoms with Gasteiger partial charge in [-0.1, -0.05) is 6.07 Å². The van der Waals surface area contributed by atoms with Crippen molar-refractivity contribution < 1.29 is 23.8 Å². The highest BCUT2D eigenvalue weighted by atomic mass is 19.1. The van der Waals surface area contributed by atoms with E-state index in [9.17, 15) is 9.18 Å². The molecule has 1 saturated heterocycles. The normalized spacial score (nSPS) is 27.9. The van der Waals surface area contributed by atoms with E-state index in [1.807, 2.05) is 0 Å². The topological polar surface area (TPSA) is 76.3 Å². The van der Waals surface area contributed by atoms with E-state index >= 15 is 0 Å². The minimum Gasteiger partial charge on any atom is -0.394 e. The average molecular weight is 377 g/mol. The van der Waals surface area contributed by atoms with Gasteiger partial charge in [0.2, 0.25) is 5.95 Å². The number of methoxy groups -OCH3 is 1. The van der Waals surface area contributed by atoms with Crippen LogP contribution < -0.4 is 0 Å². The molecule has 0 unspecified atom stereocenters. The van der Waals surface area contributed by atoms with Gasteiger partial charge in [-0.25, -0.2) is 4.98 Å². The summed E-state index contributed by atoms with van der Waals surface area (Å²) in [6.07, 6.45) is 4.40. The Balaban J connectivity index is 1.62. The van der Waals surface area contributed by atoms with E-state index in [4.69, 9.17) is 14.6 Å². The van der Waals surface area contributed by atoms with Crippen LogP contribution in [0.25, 0.3) is 5.65 Å². The van der Waals surface area contributed by atoms with Crippen LogP contribution in [0.2, 0.25) is 0 Å². The number of pyridine rings is 1. The average Bonchev–Trinajstić information content (AvgIpc) is 3.24. The van der Waals surface area contributed by atoms with Gasteiger partial charge >= 0.3 is 0 Å². The van der Waals surface area contributed by atoms with Crippen molar-refractivity contribution >= 4 is 11.6 Å². The summed E-state index contributed by atoms with van der Waals surface area (Å²) in [6.45, 7) is 0.732. The Hall–Kier alpha value is -2.03. The Kier molecular flexibility index (Phi) is 4.88. The molecule has 146 valence electrons. The van der Waals surface area contributed by atoms with E-state index in [-0.39, 0.29) is 31.1 Å². The lowest BCUT2D eigenvalue weighted by atomic mass is 9.79. The number of carbonyl (C=O) groups is 1. The van der Waals surface area contributed by atoms with Crippen LogP contribution in [0.1, 0.15) is 36.2 Å². The fraction of sp³-hybridized carbons (Fsp3) is 0.579. The van der Waals surface area contributed by atoms with Gasteiger partial charge in [-0.2, -0.15) is 4.39 Å². The second-order valence-corrected chi connectivity index (χ2v) is 7.20. The summed E-state index contributed by atoms with van der Waals surface area (Å²) < 4.78 is 27.6. The zero-order chi connectivity index (χ0) is 19.0. The molecule has 0 aromatic carbocycles. The highest BCUT2D eigenvalue weighted by Gasteiger charge is 2.53. The molecule has 1 aliphatic heterocycles. The van der Waals surface area contributed by atoms with Crippen LogP contribution >= 0.6 is 0 Å². The Bertz CT molecular complexity index is 841. The monoisotopic (exact) mass is 377 g/mol. The molecule has 0 bridgehead atoms. The molecule has 27 heavy (non-hydrogen) atoms. The molecule has 2 fully saturated rings. The first-order chi connectivity index (χ1) is 13.1. The quantitative estimate of drug-likeness (QED) is 0.857. The van der Waals surface area contributed by atoms with E-state index < -0.39 is 17.5 Å². The summed E-state index contributed by atoms with van der Waals surface area (Å²) >= 11 is 0. The second kappa shape index (κ2) is 7.18. The second-order valence-electron chi connectivity index (χ2n) is 7.20. The number of aliphatic hydroxyl groups excluding tert-OH is 1. The van der Waals surface area contributed by atoms with Gasteiger partial charge in [0.1, 0.15) is 5.65 Å². The van der Waals surface area contributed by atoms with Gasteiger partial charge in [0.25, 0.3) is 5.91 Å². The Labute approximate surface area is 156 Å².